The van der Waals surface area contributed by atoms with Gasteiger partial charge in [-0.05, 0) is 49.4 Å². The third-order valence-electron chi connectivity index (χ3n) is 4.88. The number of benzene rings is 1. The summed E-state index contributed by atoms with van der Waals surface area (Å²) in [4.78, 5) is 23.0. The molecule has 0 radical (unpaired) electrons. The van der Waals surface area contributed by atoms with Crippen LogP contribution in [0, 0.1) is 5.82 Å². The highest BCUT2D eigenvalue weighted by Crippen LogP contribution is 2.49. The fraction of sp³-hybridized carbons (Fsp3) is 0.529. The van der Waals surface area contributed by atoms with Crippen molar-refractivity contribution in [2.75, 3.05) is 6.54 Å². The molecule has 2 atom stereocenters. The van der Waals surface area contributed by atoms with Crippen molar-refractivity contribution in [1.82, 2.24) is 5.32 Å². The Labute approximate surface area is 146 Å². The third kappa shape index (κ3) is 3.82. The highest BCUT2D eigenvalue weighted by atomic mass is 19.4. The summed E-state index contributed by atoms with van der Waals surface area (Å²) in [6, 6.07) is 2.41. The van der Waals surface area contributed by atoms with Crippen molar-refractivity contribution in [3.63, 3.8) is 0 Å². The first-order valence-electron chi connectivity index (χ1n) is 8.15. The molecule has 26 heavy (non-hydrogen) atoms. The highest BCUT2D eigenvalue weighted by Gasteiger charge is 2.46. The lowest BCUT2D eigenvalue weighted by Crippen LogP contribution is -2.39. The predicted molar refractivity (Wildman–Crippen MR) is 80.9 cm³/mol. The Balaban J connectivity index is 1.66. The summed E-state index contributed by atoms with van der Waals surface area (Å²) in [6.45, 7) is 0.0458. The van der Waals surface area contributed by atoms with Gasteiger partial charge in [0, 0.05) is 12.0 Å². The number of amides is 1. The summed E-state index contributed by atoms with van der Waals surface area (Å²) >= 11 is 0. The number of hydrogen-bond acceptors (Lipinski definition) is 3. The van der Waals surface area contributed by atoms with Crippen molar-refractivity contribution >= 4 is 11.9 Å². The monoisotopic (exact) mass is 375 g/mol. The minimum atomic E-state index is -4.65. The molecule has 0 aromatic heterocycles. The second-order valence-corrected chi connectivity index (χ2v) is 6.75. The van der Waals surface area contributed by atoms with E-state index in [1.807, 2.05) is 0 Å². The number of ether oxygens (including phenoxy) is 1. The van der Waals surface area contributed by atoms with Gasteiger partial charge >= 0.3 is 12.1 Å². The number of aliphatic carboxylic acids is 1. The van der Waals surface area contributed by atoms with Gasteiger partial charge in [0.05, 0.1) is 5.56 Å². The molecule has 1 saturated carbocycles. The quantitative estimate of drug-likeness (QED) is 0.776. The fourth-order valence-corrected chi connectivity index (χ4v) is 3.16. The van der Waals surface area contributed by atoms with Gasteiger partial charge in [0.25, 0.3) is 0 Å². The van der Waals surface area contributed by atoms with Gasteiger partial charge in [-0.25, -0.2) is 9.18 Å². The van der Waals surface area contributed by atoms with E-state index in [-0.39, 0.29) is 24.9 Å². The topological polar surface area (TPSA) is 75.6 Å². The molecule has 1 aromatic rings. The number of halogens is 4. The number of alkyl halides is 3. The Morgan fingerprint density at radius 3 is 2.38 bits per heavy atom. The normalized spacial score (nSPS) is 24.3. The first-order chi connectivity index (χ1) is 12.1. The minimum Gasteiger partial charge on any atom is -0.479 e. The van der Waals surface area contributed by atoms with Crippen LogP contribution in [0.4, 0.5) is 17.6 Å². The summed E-state index contributed by atoms with van der Waals surface area (Å²) in [5.41, 5.74) is -1.60. The average Bonchev–Trinajstić information content (AvgIpc) is 3.17. The number of nitrogens with one attached hydrogen (secondary N) is 1. The first kappa shape index (κ1) is 18.6. The highest BCUT2D eigenvalue weighted by molar-refractivity contribution is 5.82. The molecular weight excluding hydrogens is 358 g/mol. The van der Waals surface area contributed by atoms with Crippen LogP contribution >= 0.6 is 0 Å². The lowest BCUT2D eigenvalue weighted by molar-refractivity contribution is -0.151. The fourth-order valence-electron chi connectivity index (χ4n) is 3.16. The number of carbonyl (C=O) groups excluding carboxylic acids is 1. The second kappa shape index (κ2) is 6.53. The Morgan fingerprint density at radius 2 is 1.85 bits per heavy atom. The molecule has 1 saturated heterocycles. The van der Waals surface area contributed by atoms with E-state index in [2.05, 4.69) is 5.32 Å². The molecule has 1 aliphatic heterocycles. The minimum absolute atomic E-state index is 0.0458. The molecule has 1 aliphatic carbocycles. The van der Waals surface area contributed by atoms with Crippen LogP contribution in [0.1, 0.15) is 36.8 Å². The second-order valence-electron chi connectivity index (χ2n) is 6.75. The van der Waals surface area contributed by atoms with Gasteiger partial charge in [-0.15, -0.1) is 0 Å². The SMILES string of the molecule is O=C(NCC1(c2cc(F)cc(C(F)(F)F)c2)CC1)[C@@H]1CC[C@H](C(=O)O)O1. The van der Waals surface area contributed by atoms with E-state index in [0.717, 1.165) is 12.1 Å². The average molecular weight is 375 g/mol. The van der Waals surface area contributed by atoms with Crippen LogP contribution in [0.25, 0.3) is 0 Å². The number of rotatable bonds is 5. The van der Waals surface area contributed by atoms with Gasteiger partial charge in [0.1, 0.15) is 11.9 Å². The van der Waals surface area contributed by atoms with E-state index in [1.165, 1.54) is 0 Å². The van der Waals surface area contributed by atoms with Gasteiger partial charge in [-0.2, -0.15) is 13.2 Å². The molecule has 5 nitrogen and oxygen atoms in total. The maximum Gasteiger partial charge on any atom is 0.416 e. The lowest BCUT2D eigenvalue weighted by Gasteiger charge is -2.20. The van der Waals surface area contributed by atoms with Gasteiger partial charge in [0.2, 0.25) is 5.91 Å². The maximum absolute atomic E-state index is 13.6. The molecule has 2 N–H and O–H groups in total. The maximum atomic E-state index is 13.6. The molecule has 0 bridgehead atoms. The summed E-state index contributed by atoms with van der Waals surface area (Å²) in [6.07, 6.45) is -5.05. The van der Waals surface area contributed by atoms with E-state index in [4.69, 9.17) is 9.84 Å². The van der Waals surface area contributed by atoms with Gasteiger partial charge in [0.15, 0.2) is 6.10 Å². The summed E-state index contributed by atoms with van der Waals surface area (Å²) in [5, 5.41) is 11.5. The molecule has 9 heteroatoms. The number of carbonyl (C=O) groups is 2. The largest absolute Gasteiger partial charge is 0.479 e. The third-order valence-corrected chi connectivity index (χ3v) is 4.88. The van der Waals surface area contributed by atoms with Crippen LogP contribution in [0.5, 0.6) is 0 Å². The molecule has 2 aliphatic rings. The molecule has 1 heterocycles. The molecule has 1 aromatic carbocycles. The predicted octanol–water partition coefficient (Wildman–Crippen LogP) is 2.62. The molecule has 0 unspecified atom stereocenters. The van der Waals surface area contributed by atoms with Crippen molar-refractivity contribution in [1.29, 1.82) is 0 Å². The van der Waals surface area contributed by atoms with Crippen LogP contribution in [0.3, 0.4) is 0 Å². The van der Waals surface area contributed by atoms with Gasteiger partial charge < -0.3 is 15.2 Å². The van der Waals surface area contributed by atoms with Gasteiger partial charge in [-0.3, -0.25) is 4.79 Å². The standard InChI is InChI=1S/C17H17F4NO4/c18-11-6-9(5-10(7-11)17(19,20)21)16(3-4-16)8-22-14(23)12-1-2-13(26-12)15(24)25/h5-7,12-13H,1-4,8H2,(H,22,23)(H,24,25)/t12-,13+/m0/s1. The van der Waals surface area contributed by atoms with Crippen molar-refractivity contribution in [3.05, 3.63) is 35.1 Å². The van der Waals surface area contributed by atoms with Crippen LogP contribution < -0.4 is 5.32 Å². The zero-order valence-electron chi connectivity index (χ0n) is 13.6. The lowest BCUT2D eigenvalue weighted by atomic mass is 9.93. The van der Waals surface area contributed by atoms with Gasteiger partial charge in [-0.1, -0.05) is 0 Å². The van der Waals surface area contributed by atoms with E-state index in [1.54, 1.807) is 0 Å². The smallest absolute Gasteiger partial charge is 0.416 e. The van der Waals surface area contributed by atoms with Crippen LogP contribution in [0.2, 0.25) is 0 Å². The molecular formula is C17H17F4NO4. The Bertz CT molecular complexity index is 730. The van der Waals surface area contributed by atoms with Crippen molar-refractivity contribution in [2.45, 2.75) is 49.5 Å². The molecule has 0 spiro atoms. The van der Waals surface area contributed by atoms with Crippen LogP contribution in [0.15, 0.2) is 18.2 Å². The summed E-state index contributed by atoms with van der Waals surface area (Å²) in [7, 11) is 0. The molecule has 142 valence electrons. The molecule has 1 amide bonds. The van der Waals surface area contributed by atoms with Crippen LogP contribution in [-0.4, -0.2) is 35.7 Å². The Hall–Kier alpha value is -2.16. The number of hydrogen-bond donors (Lipinski definition) is 2. The van der Waals surface area contributed by atoms with E-state index < -0.39 is 47.1 Å². The van der Waals surface area contributed by atoms with E-state index >= 15 is 0 Å². The number of carboxylic acids is 1. The van der Waals surface area contributed by atoms with E-state index in [9.17, 15) is 27.2 Å². The first-order valence-corrected chi connectivity index (χ1v) is 8.15. The number of carboxylic acid groups (broad SMARTS) is 1. The van der Waals surface area contributed by atoms with Crippen molar-refractivity contribution in [3.8, 4) is 0 Å². The van der Waals surface area contributed by atoms with Crippen molar-refractivity contribution in [2.24, 2.45) is 0 Å². The zero-order chi connectivity index (χ0) is 19.1. The van der Waals surface area contributed by atoms with Crippen molar-refractivity contribution < 1.29 is 37.0 Å². The van der Waals surface area contributed by atoms with E-state index in [0.29, 0.717) is 18.9 Å². The zero-order valence-corrected chi connectivity index (χ0v) is 13.6. The summed E-state index contributed by atoms with van der Waals surface area (Å²) in [5.74, 6) is -2.62. The van der Waals surface area contributed by atoms with Crippen LogP contribution in [-0.2, 0) is 25.9 Å². The Morgan fingerprint density at radius 1 is 1.19 bits per heavy atom. The summed E-state index contributed by atoms with van der Waals surface area (Å²) < 4.78 is 57.4. The molecule has 2 fully saturated rings. The Kier molecular flexibility index (Phi) is 4.68. The molecule has 3 rings (SSSR count).